The van der Waals surface area contributed by atoms with Gasteiger partial charge in [-0.1, -0.05) is 0 Å². The lowest BCUT2D eigenvalue weighted by Crippen LogP contribution is -2.47. The van der Waals surface area contributed by atoms with E-state index < -0.39 is 5.60 Å². The molecule has 0 saturated carbocycles. The van der Waals surface area contributed by atoms with Gasteiger partial charge < -0.3 is 15.2 Å². The maximum Gasteiger partial charge on any atom is 0.220 e. The monoisotopic (exact) mass is 330 g/mol. The van der Waals surface area contributed by atoms with Crippen LogP contribution in [0.25, 0.3) is 0 Å². The van der Waals surface area contributed by atoms with Crippen LogP contribution < -0.4 is 5.32 Å². The molecule has 0 radical (unpaired) electrons. The van der Waals surface area contributed by atoms with E-state index in [0.717, 1.165) is 22.2 Å². The number of hydrogen-bond acceptors (Lipinski definition) is 6. The zero-order valence-corrected chi connectivity index (χ0v) is 14.1. The van der Waals surface area contributed by atoms with Crippen molar-refractivity contribution >= 4 is 29.0 Å². The summed E-state index contributed by atoms with van der Waals surface area (Å²) in [6.45, 7) is 4.65. The van der Waals surface area contributed by atoms with Gasteiger partial charge in [0, 0.05) is 42.9 Å². The predicted octanol–water partition coefficient (Wildman–Crippen LogP) is 1.73. The van der Waals surface area contributed by atoms with Crippen molar-refractivity contribution in [3.63, 3.8) is 0 Å². The van der Waals surface area contributed by atoms with Crippen LogP contribution in [0.3, 0.4) is 0 Å². The van der Waals surface area contributed by atoms with Crippen LogP contribution in [0.15, 0.2) is 5.38 Å². The first-order valence-electron chi connectivity index (χ1n) is 7.09. The molecule has 1 fully saturated rings. The summed E-state index contributed by atoms with van der Waals surface area (Å²) in [5.41, 5.74) is 0.162. The Morgan fingerprint density at radius 2 is 2.52 bits per heavy atom. The number of hydrogen-bond donors (Lipinski definition) is 2. The Morgan fingerprint density at radius 1 is 1.71 bits per heavy atom. The van der Waals surface area contributed by atoms with Gasteiger partial charge in [-0.2, -0.15) is 11.8 Å². The van der Waals surface area contributed by atoms with Crippen LogP contribution in [-0.4, -0.2) is 46.6 Å². The van der Waals surface area contributed by atoms with Crippen molar-refractivity contribution in [2.75, 3.05) is 18.9 Å². The van der Waals surface area contributed by atoms with E-state index in [0.29, 0.717) is 19.4 Å². The highest BCUT2D eigenvalue weighted by atomic mass is 32.2. The van der Waals surface area contributed by atoms with Crippen molar-refractivity contribution in [1.29, 1.82) is 0 Å². The van der Waals surface area contributed by atoms with Crippen LogP contribution in [0.2, 0.25) is 0 Å². The van der Waals surface area contributed by atoms with Gasteiger partial charge in [0.05, 0.1) is 16.8 Å². The lowest BCUT2D eigenvalue weighted by molar-refractivity contribution is -0.122. The molecule has 0 aromatic carbocycles. The van der Waals surface area contributed by atoms with E-state index in [-0.39, 0.29) is 18.6 Å². The maximum atomic E-state index is 11.8. The Bertz CT molecular complexity index is 481. The fourth-order valence-electron chi connectivity index (χ4n) is 2.16. The number of rotatable bonds is 7. The normalized spacial score (nSPS) is 25.2. The number of nitrogens with one attached hydrogen (secondary N) is 1. The summed E-state index contributed by atoms with van der Waals surface area (Å²) in [4.78, 5) is 16.2. The van der Waals surface area contributed by atoms with Crippen LogP contribution in [-0.2, 0) is 15.3 Å². The topological polar surface area (TPSA) is 71.5 Å². The Kier molecular flexibility index (Phi) is 6.04. The van der Waals surface area contributed by atoms with Crippen LogP contribution in [0, 0.1) is 6.92 Å². The van der Waals surface area contributed by atoms with Gasteiger partial charge in [0.1, 0.15) is 5.60 Å². The molecule has 2 heterocycles. The average molecular weight is 330 g/mol. The van der Waals surface area contributed by atoms with Gasteiger partial charge in [0.15, 0.2) is 0 Å². The Morgan fingerprint density at radius 3 is 3.14 bits per heavy atom. The molecule has 2 rings (SSSR count). The minimum atomic E-state index is -0.916. The van der Waals surface area contributed by atoms with E-state index in [1.165, 1.54) is 0 Å². The zero-order chi connectivity index (χ0) is 15.3. The second-order valence-corrected chi connectivity index (χ2v) is 7.47. The Labute approximate surface area is 133 Å². The highest BCUT2D eigenvalue weighted by molar-refractivity contribution is 7.98. The number of nitrogens with zero attached hydrogens (tertiary/aromatic N) is 1. The second kappa shape index (κ2) is 7.58. The fourth-order valence-corrected chi connectivity index (χ4v) is 3.71. The quantitative estimate of drug-likeness (QED) is 0.745. The number of aryl methyl sites for hydroxylation is 1. The molecule has 1 aliphatic heterocycles. The summed E-state index contributed by atoms with van der Waals surface area (Å²) in [6.07, 6.45) is 0.811. The summed E-state index contributed by atoms with van der Waals surface area (Å²) in [5.74, 6) is 1.57. The van der Waals surface area contributed by atoms with E-state index in [9.17, 15) is 9.90 Å². The smallest absolute Gasteiger partial charge is 0.220 e. The second-order valence-electron chi connectivity index (χ2n) is 5.30. The summed E-state index contributed by atoms with van der Waals surface area (Å²) in [6, 6.07) is 0. The highest BCUT2D eigenvalue weighted by Crippen LogP contribution is 2.24. The molecule has 1 aromatic rings. The standard InChI is InChI=1S/C14H22N2O3S2/c1-10-14(18,4-5-19-10)9-15-13(17)3-6-20-7-12-8-21-11(2)16-12/h8,10,18H,3-7,9H2,1-2H3,(H,15,17). The predicted molar refractivity (Wildman–Crippen MR) is 85.6 cm³/mol. The molecule has 2 unspecified atom stereocenters. The molecule has 0 aliphatic carbocycles. The van der Waals surface area contributed by atoms with E-state index in [1.807, 2.05) is 13.8 Å². The largest absolute Gasteiger partial charge is 0.385 e. The van der Waals surface area contributed by atoms with Crippen LogP contribution in [0.4, 0.5) is 0 Å². The van der Waals surface area contributed by atoms with Gasteiger partial charge in [-0.15, -0.1) is 11.3 Å². The van der Waals surface area contributed by atoms with Crippen LogP contribution in [0.5, 0.6) is 0 Å². The van der Waals surface area contributed by atoms with Crippen molar-refractivity contribution < 1.29 is 14.6 Å². The molecule has 2 N–H and O–H groups in total. The van der Waals surface area contributed by atoms with Crippen molar-refractivity contribution in [3.05, 3.63) is 16.1 Å². The SMILES string of the molecule is Cc1nc(CSCCC(=O)NCC2(O)CCOC2C)cs1. The highest BCUT2D eigenvalue weighted by Gasteiger charge is 2.39. The summed E-state index contributed by atoms with van der Waals surface area (Å²) in [5, 5.41) is 16.2. The number of thiazole rings is 1. The number of carbonyl (C=O) groups excluding carboxylic acids is 1. The van der Waals surface area contributed by atoms with Crippen molar-refractivity contribution in [3.8, 4) is 0 Å². The molecule has 1 aromatic heterocycles. The lowest BCUT2D eigenvalue weighted by atomic mass is 9.97. The number of aromatic nitrogens is 1. The molecular weight excluding hydrogens is 308 g/mol. The third-order valence-corrected chi connectivity index (χ3v) is 5.46. The van der Waals surface area contributed by atoms with Crippen molar-refractivity contribution in [2.24, 2.45) is 0 Å². The first-order valence-corrected chi connectivity index (χ1v) is 9.12. The molecule has 1 aliphatic rings. The third kappa shape index (κ3) is 4.95. The molecule has 118 valence electrons. The molecule has 0 bridgehead atoms. The van der Waals surface area contributed by atoms with Gasteiger partial charge in [-0.3, -0.25) is 4.79 Å². The van der Waals surface area contributed by atoms with Crippen molar-refractivity contribution in [1.82, 2.24) is 10.3 Å². The summed E-state index contributed by atoms with van der Waals surface area (Å²) in [7, 11) is 0. The molecule has 21 heavy (non-hydrogen) atoms. The van der Waals surface area contributed by atoms with E-state index in [4.69, 9.17) is 4.74 Å². The van der Waals surface area contributed by atoms with Gasteiger partial charge in [0.2, 0.25) is 5.91 Å². The van der Waals surface area contributed by atoms with Crippen molar-refractivity contribution in [2.45, 2.75) is 44.1 Å². The van der Waals surface area contributed by atoms with E-state index in [1.54, 1.807) is 23.1 Å². The minimum Gasteiger partial charge on any atom is -0.385 e. The minimum absolute atomic E-state index is 0.0236. The van der Waals surface area contributed by atoms with Crippen LogP contribution >= 0.6 is 23.1 Å². The lowest BCUT2D eigenvalue weighted by Gasteiger charge is -2.26. The summed E-state index contributed by atoms with van der Waals surface area (Å²) < 4.78 is 5.34. The molecular formula is C14H22N2O3S2. The number of carbonyl (C=O) groups is 1. The molecule has 5 nitrogen and oxygen atoms in total. The van der Waals surface area contributed by atoms with Gasteiger partial charge in [-0.25, -0.2) is 4.98 Å². The molecule has 1 amide bonds. The molecule has 0 spiro atoms. The Balaban J connectivity index is 1.59. The van der Waals surface area contributed by atoms with E-state index in [2.05, 4.69) is 15.7 Å². The van der Waals surface area contributed by atoms with Gasteiger partial charge in [0.25, 0.3) is 0 Å². The fraction of sp³-hybridized carbons (Fsp3) is 0.714. The first-order chi connectivity index (χ1) is 9.99. The molecule has 7 heteroatoms. The number of ether oxygens (including phenoxy) is 1. The summed E-state index contributed by atoms with van der Waals surface area (Å²) >= 11 is 3.35. The number of amides is 1. The van der Waals surface area contributed by atoms with E-state index >= 15 is 0 Å². The van der Waals surface area contributed by atoms with Gasteiger partial charge >= 0.3 is 0 Å². The maximum absolute atomic E-state index is 11.8. The molecule has 2 atom stereocenters. The molecule has 1 saturated heterocycles. The van der Waals surface area contributed by atoms with Gasteiger partial charge in [-0.05, 0) is 13.8 Å². The zero-order valence-electron chi connectivity index (χ0n) is 12.4. The average Bonchev–Trinajstić information content (AvgIpc) is 3.00. The van der Waals surface area contributed by atoms with Crippen LogP contribution in [0.1, 0.15) is 30.5 Å². The first kappa shape index (κ1) is 16.7. The Hall–Kier alpha value is -0.630. The number of aliphatic hydroxyl groups is 1. The number of thioether (sulfide) groups is 1. The third-order valence-electron chi connectivity index (χ3n) is 3.64.